The third kappa shape index (κ3) is 1.97. The van der Waals surface area contributed by atoms with Gasteiger partial charge in [-0.2, -0.15) is 0 Å². The van der Waals surface area contributed by atoms with Crippen LogP contribution in [-0.2, 0) is 16.1 Å². The van der Waals surface area contributed by atoms with E-state index < -0.39 is 9.05 Å². The zero-order valence-electron chi connectivity index (χ0n) is 9.68. The van der Waals surface area contributed by atoms with E-state index in [-0.39, 0.29) is 10.6 Å². The smallest absolute Gasteiger partial charge is 0.265 e. The lowest BCUT2D eigenvalue weighted by Crippen LogP contribution is -1.97. The molecule has 0 unspecified atom stereocenters. The molecule has 5 nitrogen and oxygen atoms in total. The number of aryl methyl sites for hydroxylation is 1. The minimum Gasteiger partial charge on any atom is -0.495 e. The molecule has 0 bridgehead atoms. The summed E-state index contributed by atoms with van der Waals surface area (Å²) in [5.74, 6) is 0.149. The highest BCUT2D eigenvalue weighted by molar-refractivity contribution is 8.13. The molecule has 0 aliphatic rings. The summed E-state index contributed by atoms with van der Waals surface area (Å²) in [6, 6.07) is 2.89. The van der Waals surface area contributed by atoms with E-state index in [4.69, 9.17) is 15.4 Å². The Balaban J connectivity index is 2.92. The fourth-order valence-electron chi connectivity index (χ4n) is 1.86. The van der Waals surface area contributed by atoms with Crippen molar-refractivity contribution in [3.8, 4) is 5.75 Å². The van der Waals surface area contributed by atoms with Gasteiger partial charge in [-0.25, -0.2) is 8.42 Å². The number of ether oxygens (including phenoxy) is 1. The quantitative estimate of drug-likeness (QED) is 0.639. The Bertz CT molecular complexity index is 733. The van der Waals surface area contributed by atoms with E-state index >= 15 is 0 Å². The number of methoxy groups -OCH3 is 1. The number of rotatable bonds is 3. The molecule has 96 valence electrons. The zero-order chi connectivity index (χ0) is 13.5. The van der Waals surface area contributed by atoms with Gasteiger partial charge >= 0.3 is 0 Å². The molecule has 0 fully saturated rings. The van der Waals surface area contributed by atoms with E-state index in [1.54, 1.807) is 17.8 Å². The van der Waals surface area contributed by atoms with Crippen molar-refractivity contribution < 1.29 is 17.9 Å². The average Bonchev–Trinajstić information content (AvgIpc) is 2.63. The molecule has 2 aromatic rings. The SMILES string of the molecule is COc1cc2c(cc1S(=O)(=O)Cl)c(C=O)cn2C. The summed E-state index contributed by atoms with van der Waals surface area (Å²) in [6.07, 6.45) is 2.28. The van der Waals surface area contributed by atoms with Gasteiger partial charge in [0.1, 0.15) is 10.6 Å². The van der Waals surface area contributed by atoms with Crippen LogP contribution in [0, 0.1) is 0 Å². The Kier molecular flexibility index (Phi) is 3.08. The highest BCUT2D eigenvalue weighted by Crippen LogP contribution is 2.33. The topological polar surface area (TPSA) is 65.4 Å². The van der Waals surface area contributed by atoms with Crippen LogP contribution in [0.1, 0.15) is 10.4 Å². The van der Waals surface area contributed by atoms with E-state index in [1.807, 2.05) is 0 Å². The van der Waals surface area contributed by atoms with Gasteiger partial charge in [-0.1, -0.05) is 0 Å². The first-order chi connectivity index (χ1) is 8.38. The fraction of sp³-hybridized carbons (Fsp3) is 0.182. The van der Waals surface area contributed by atoms with Gasteiger partial charge in [0.05, 0.1) is 12.6 Å². The Morgan fingerprint density at radius 1 is 1.39 bits per heavy atom. The first-order valence-electron chi connectivity index (χ1n) is 4.95. The van der Waals surface area contributed by atoms with Gasteiger partial charge in [0.25, 0.3) is 9.05 Å². The average molecular weight is 288 g/mol. The van der Waals surface area contributed by atoms with Crippen molar-refractivity contribution in [2.75, 3.05) is 7.11 Å². The summed E-state index contributed by atoms with van der Waals surface area (Å²) in [7, 11) is 4.52. The number of nitrogens with zero attached hydrogens (tertiary/aromatic N) is 1. The Hall–Kier alpha value is -1.53. The van der Waals surface area contributed by atoms with Gasteiger partial charge in [-0.3, -0.25) is 4.79 Å². The molecular formula is C11H10ClNO4S. The predicted octanol–water partition coefficient (Wildman–Crippen LogP) is 1.93. The Labute approximate surface area is 108 Å². The van der Waals surface area contributed by atoms with Crippen molar-refractivity contribution >= 4 is 36.9 Å². The molecule has 18 heavy (non-hydrogen) atoms. The van der Waals surface area contributed by atoms with Gasteiger partial charge in [-0.05, 0) is 6.07 Å². The van der Waals surface area contributed by atoms with E-state index in [0.29, 0.717) is 22.8 Å². The number of hydrogen-bond donors (Lipinski definition) is 0. The Morgan fingerprint density at radius 2 is 2.06 bits per heavy atom. The van der Waals surface area contributed by atoms with Crippen LogP contribution in [0.4, 0.5) is 0 Å². The predicted molar refractivity (Wildman–Crippen MR) is 67.9 cm³/mol. The molecular weight excluding hydrogens is 278 g/mol. The zero-order valence-corrected chi connectivity index (χ0v) is 11.2. The van der Waals surface area contributed by atoms with Crippen LogP contribution < -0.4 is 4.74 Å². The van der Waals surface area contributed by atoms with Gasteiger partial charge in [0, 0.05) is 40.9 Å². The summed E-state index contributed by atoms with van der Waals surface area (Å²) in [6.45, 7) is 0. The van der Waals surface area contributed by atoms with Crippen molar-refractivity contribution in [3.05, 3.63) is 23.9 Å². The molecule has 0 N–H and O–H groups in total. The van der Waals surface area contributed by atoms with E-state index in [9.17, 15) is 13.2 Å². The van der Waals surface area contributed by atoms with Crippen LogP contribution >= 0.6 is 10.7 Å². The van der Waals surface area contributed by atoms with E-state index in [2.05, 4.69) is 0 Å². The van der Waals surface area contributed by atoms with Gasteiger partial charge in [-0.15, -0.1) is 0 Å². The molecule has 0 saturated heterocycles. The van der Waals surface area contributed by atoms with Crippen LogP contribution in [-0.4, -0.2) is 26.4 Å². The maximum Gasteiger partial charge on any atom is 0.265 e. The molecule has 0 aliphatic carbocycles. The van der Waals surface area contributed by atoms with Crippen LogP contribution in [0.25, 0.3) is 10.9 Å². The number of carbonyl (C=O) groups excluding carboxylic acids is 1. The number of halogens is 1. The maximum absolute atomic E-state index is 11.5. The molecule has 7 heteroatoms. The second-order valence-corrected chi connectivity index (χ2v) is 6.31. The van der Waals surface area contributed by atoms with Crippen molar-refractivity contribution in [2.45, 2.75) is 4.90 Å². The molecule has 0 saturated carbocycles. The number of carbonyl (C=O) groups is 1. The maximum atomic E-state index is 11.5. The normalized spacial score (nSPS) is 11.7. The summed E-state index contributed by atoms with van der Waals surface area (Å²) in [5, 5.41) is 0.521. The molecule has 0 aliphatic heterocycles. The third-order valence-corrected chi connectivity index (χ3v) is 4.04. The van der Waals surface area contributed by atoms with Crippen molar-refractivity contribution in [1.29, 1.82) is 0 Å². The van der Waals surface area contributed by atoms with Gasteiger partial charge in [0.2, 0.25) is 0 Å². The number of aromatic nitrogens is 1. The van der Waals surface area contributed by atoms with E-state index in [1.165, 1.54) is 19.2 Å². The molecule has 2 rings (SSSR count). The number of fused-ring (bicyclic) bond motifs is 1. The summed E-state index contributed by atoms with van der Waals surface area (Å²) in [5.41, 5.74) is 1.09. The minimum absolute atomic E-state index is 0.145. The molecule has 0 amide bonds. The third-order valence-electron chi connectivity index (χ3n) is 2.70. The van der Waals surface area contributed by atoms with Crippen molar-refractivity contribution in [1.82, 2.24) is 4.57 Å². The van der Waals surface area contributed by atoms with Crippen LogP contribution in [0.3, 0.4) is 0 Å². The Morgan fingerprint density at radius 3 is 2.56 bits per heavy atom. The molecule has 1 aromatic carbocycles. The molecule has 0 atom stereocenters. The van der Waals surface area contributed by atoms with Crippen molar-refractivity contribution in [2.24, 2.45) is 7.05 Å². The summed E-state index contributed by atoms with van der Waals surface area (Å²) in [4.78, 5) is 10.8. The fourth-order valence-corrected chi connectivity index (χ4v) is 2.87. The highest BCUT2D eigenvalue weighted by Gasteiger charge is 2.20. The standard InChI is InChI=1S/C11H10ClNO4S/c1-13-5-7(6-14)8-3-11(18(12,15)16)10(17-2)4-9(8)13/h3-6H,1-2H3. The van der Waals surface area contributed by atoms with Crippen LogP contribution in [0.5, 0.6) is 5.75 Å². The summed E-state index contributed by atoms with van der Waals surface area (Å²) < 4.78 is 29.6. The lowest BCUT2D eigenvalue weighted by molar-refractivity contribution is 0.112. The van der Waals surface area contributed by atoms with Crippen LogP contribution in [0.15, 0.2) is 23.2 Å². The first kappa shape index (κ1) is 12.9. The molecule has 0 radical (unpaired) electrons. The van der Waals surface area contributed by atoms with Gasteiger partial charge in [0.15, 0.2) is 6.29 Å². The largest absolute Gasteiger partial charge is 0.495 e. The van der Waals surface area contributed by atoms with Gasteiger partial charge < -0.3 is 9.30 Å². The summed E-state index contributed by atoms with van der Waals surface area (Å²) >= 11 is 0. The number of hydrogen-bond acceptors (Lipinski definition) is 4. The molecule has 0 spiro atoms. The number of benzene rings is 1. The molecule has 1 aromatic heterocycles. The minimum atomic E-state index is -3.93. The second kappa shape index (κ2) is 4.29. The van der Waals surface area contributed by atoms with Crippen molar-refractivity contribution in [3.63, 3.8) is 0 Å². The second-order valence-electron chi connectivity index (χ2n) is 3.77. The molecule has 1 heterocycles. The monoisotopic (exact) mass is 287 g/mol. The lowest BCUT2D eigenvalue weighted by Gasteiger charge is -2.07. The lowest BCUT2D eigenvalue weighted by atomic mass is 10.2. The van der Waals surface area contributed by atoms with E-state index in [0.717, 1.165) is 0 Å². The first-order valence-corrected chi connectivity index (χ1v) is 7.26. The number of aldehydes is 1. The highest BCUT2D eigenvalue weighted by atomic mass is 35.7. The van der Waals surface area contributed by atoms with Crippen LogP contribution in [0.2, 0.25) is 0 Å².